The molecule has 0 bridgehead atoms. The molecule has 0 aliphatic carbocycles. The highest BCUT2D eigenvalue weighted by atomic mass is 14.1. The minimum Gasteiger partial charge on any atom is -0.0614 e. The Morgan fingerprint density at radius 3 is 2.17 bits per heavy atom. The van der Waals surface area contributed by atoms with Crippen LogP contribution in [0.1, 0.15) is 23.6 Å². The Balaban J connectivity index is 2.62. The van der Waals surface area contributed by atoms with E-state index in [1.165, 1.54) is 38.2 Å². The molecule has 3 aromatic carbocycles. The SMILES string of the molecule is CCc1cccc2ccc3ccc(C)c(C)c3c12. The van der Waals surface area contributed by atoms with Crippen molar-refractivity contribution in [1.29, 1.82) is 0 Å². The zero-order chi connectivity index (χ0) is 12.7. The molecule has 0 heterocycles. The van der Waals surface area contributed by atoms with E-state index in [9.17, 15) is 0 Å². The van der Waals surface area contributed by atoms with Gasteiger partial charge in [-0.2, -0.15) is 0 Å². The van der Waals surface area contributed by atoms with Crippen LogP contribution in [0.2, 0.25) is 0 Å². The Hall–Kier alpha value is -1.82. The molecular formula is C18H18. The fourth-order valence-corrected chi connectivity index (χ4v) is 2.85. The van der Waals surface area contributed by atoms with Crippen molar-refractivity contribution >= 4 is 21.5 Å². The van der Waals surface area contributed by atoms with Gasteiger partial charge < -0.3 is 0 Å². The Bertz CT molecular complexity index is 736. The normalized spacial score (nSPS) is 11.3. The third-order valence-electron chi connectivity index (χ3n) is 4.02. The molecule has 0 N–H and O–H groups in total. The molecule has 0 fully saturated rings. The van der Waals surface area contributed by atoms with Gasteiger partial charge in [0.05, 0.1) is 0 Å². The Morgan fingerprint density at radius 2 is 1.44 bits per heavy atom. The first kappa shape index (κ1) is 11.3. The average molecular weight is 234 g/mol. The second-order valence-electron chi connectivity index (χ2n) is 5.04. The van der Waals surface area contributed by atoms with Crippen LogP contribution in [0.4, 0.5) is 0 Å². The lowest BCUT2D eigenvalue weighted by Gasteiger charge is -2.12. The van der Waals surface area contributed by atoms with Crippen molar-refractivity contribution in [2.24, 2.45) is 0 Å². The number of fused-ring (bicyclic) bond motifs is 3. The van der Waals surface area contributed by atoms with Gasteiger partial charge >= 0.3 is 0 Å². The van der Waals surface area contributed by atoms with Gasteiger partial charge in [-0.1, -0.05) is 49.4 Å². The van der Waals surface area contributed by atoms with Gasteiger partial charge in [0, 0.05) is 0 Å². The van der Waals surface area contributed by atoms with Crippen LogP contribution in [0.3, 0.4) is 0 Å². The molecule has 0 spiro atoms. The Morgan fingerprint density at radius 1 is 0.778 bits per heavy atom. The van der Waals surface area contributed by atoms with E-state index in [-0.39, 0.29) is 0 Å². The predicted octanol–water partition coefficient (Wildman–Crippen LogP) is 5.17. The van der Waals surface area contributed by atoms with Crippen LogP contribution in [-0.2, 0) is 6.42 Å². The summed E-state index contributed by atoms with van der Waals surface area (Å²) >= 11 is 0. The van der Waals surface area contributed by atoms with Gasteiger partial charge in [0.15, 0.2) is 0 Å². The van der Waals surface area contributed by atoms with Crippen molar-refractivity contribution in [1.82, 2.24) is 0 Å². The van der Waals surface area contributed by atoms with E-state index >= 15 is 0 Å². The fraction of sp³-hybridized carbons (Fsp3) is 0.222. The summed E-state index contributed by atoms with van der Waals surface area (Å²) in [4.78, 5) is 0. The van der Waals surface area contributed by atoms with Crippen molar-refractivity contribution < 1.29 is 0 Å². The molecule has 3 rings (SSSR count). The summed E-state index contributed by atoms with van der Waals surface area (Å²) in [5.41, 5.74) is 4.24. The molecule has 0 saturated carbocycles. The minimum absolute atomic E-state index is 1.09. The van der Waals surface area contributed by atoms with Gasteiger partial charge in [-0.05, 0) is 58.5 Å². The molecule has 0 heteroatoms. The fourth-order valence-electron chi connectivity index (χ4n) is 2.85. The molecular weight excluding hydrogens is 216 g/mol. The summed E-state index contributed by atoms with van der Waals surface area (Å²) in [6, 6.07) is 15.6. The number of aryl methyl sites for hydroxylation is 3. The number of benzene rings is 3. The van der Waals surface area contributed by atoms with E-state index in [0.717, 1.165) is 6.42 Å². The van der Waals surface area contributed by atoms with Crippen LogP contribution in [0.5, 0.6) is 0 Å². The number of rotatable bonds is 1. The molecule has 18 heavy (non-hydrogen) atoms. The van der Waals surface area contributed by atoms with Crippen LogP contribution in [0.25, 0.3) is 21.5 Å². The highest BCUT2D eigenvalue weighted by Gasteiger charge is 2.08. The quantitative estimate of drug-likeness (QED) is 0.509. The third-order valence-corrected chi connectivity index (χ3v) is 4.02. The van der Waals surface area contributed by atoms with Gasteiger partial charge in [-0.25, -0.2) is 0 Å². The third kappa shape index (κ3) is 1.53. The smallest absolute Gasteiger partial charge is 0.00706 e. The first-order valence-corrected chi connectivity index (χ1v) is 6.63. The molecule has 0 amide bonds. The van der Waals surface area contributed by atoms with Gasteiger partial charge in [0.1, 0.15) is 0 Å². The summed E-state index contributed by atoms with van der Waals surface area (Å²) in [6.07, 6.45) is 1.09. The van der Waals surface area contributed by atoms with Crippen LogP contribution in [0.15, 0.2) is 42.5 Å². The van der Waals surface area contributed by atoms with Crippen LogP contribution >= 0.6 is 0 Å². The largest absolute Gasteiger partial charge is 0.0614 e. The van der Waals surface area contributed by atoms with Crippen molar-refractivity contribution in [3.05, 3.63) is 59.2 Å². The standard InChI is InChI=1S/C18H18/c1-4-14-6-5-7-15-10-11-16-9-8-12(2)13(3)17(16)18(14)15/h5-11H,4H2,1-3H3. The summed E-state index contributed by atoms with van der Waals surface area (Å²) in [5.74, 6) is 0. The highest BCUT2D eigenvalue weighted by Crippen LogP contribution is 2.32. The maximum atomic E-state index is 2.25. The Labute approximate surface area is 108 Å². The van der Waals surface area contributed by atoms with Crippen molar-refractivity contribution in [3.63, 3.8) is 0 Å². The summed E-state index contributed by atoms with van der Waals surface area (Å²) in [7, 11) is 0. The van der Waals surface area contributed by atoms with E-state index in [2.05, 4.69) is 63.2 Å². The number of hydrogen-bond acceptors (Lipinski definition) is 0. The van der Waals surface area contributed by atoms with E-state index in [0.29, 0.717) is 0 Å². The summed E-state index contributed by atoms with van der Waals surface area (Å²) in [5, 5.41) is 5.59. The molecule has 0 saturated heterocycles. The van der Waals surface area contributed by atoms with Crippen molar-refractivity contribution in [2.45, 2.75) is 27.2 Å². The zero-order valence-electron chi connectivity index (χ0n) is 11.2. The van der Waals surface area contributed by atoms with Gasteiger partial charge in [-0.15, -0.1) is 0 Å². The first-order chi connectivity index (χ1) is 8.72. The van der Waals surface area contributed by atoms with Gasteiger partial charge in [-0.3, -0.25) is 0 Å². The Kier molecular flexibility index (Phi) is 2.59. The average Bonchev–Trinajstić information content (AvgIpc) is 2.41. The maximum absolute atomic E-state index is 2.25. The van der Waals surface area contributed by atoms with Gasteiger partial charge in [0.2, 0.25) is 0 Å². The lowest BCUT2D eigenvalue weighted by Crippen LogP contribution is -1.89. The van der Waals surface area contributed by atoms with Crippen molar-refractivity contribution in [3.8, 4) is 0 Å². The molecule has 0 unspecified atom stereocenters. The molecule has 0 aromatic heterocycles. The lowest BCUT2D eigenvalue weighted by molar-refractivity contribution is 1.16. The summed E-state index contributed by atoms with van der Waals surface area (Å²) < 4.78 is 0. The molecule has 0 atom stereocenters. The first-order valence-electron chi connectivity index (χ1n) is 6.63. The zero-order valence-corrected chi connectivity index (χ0v) is 11.2. The lowest BCUT2D eigenvalue weighted by atomic mass is 9.92. The maximum Gasteiger partial charge on any atom is -0.00706 e. The topological polar surface area (TPSA) is 0 Å². The number of hydrogen-bond donors (Lipinski definition) is 0. The molecule has 0 radical (unpaired) electrons. The molecule has 0 aliphatic heterocycles. The summed E-state index contributed by atoms with van der Waals surface area (Å²) in [6.45, 7) is 6.67. The van der Waals surface area contributed by atoms with Crippen LogP contribution < -0.4 is 0 Å². The second-order valence-corrected chi connectivity index (χ2v) is 5.04. The van der Waals surface area contributed by atoms with Crippen molar-refractivity contribution in [2.75, 3.05) is 0 Å². The van der Waals surface area contributed by atoms with E-state index in [1.54, 1.807) is 0 Å². The molecule has 90 valence electrons. The van der Waals surface area contributed by atoms with E-state index < -0.39 is 0 Å². The predicted molar refractivity (Wildman–Crippen MR) is 80.3 cm³/mol. The highest BCUT2D eigenvalue weighted by molar-refractivity contribution is 6.11. The minimum atomic E-state index is 1.09. The molecule has 0 nitrogen and oxygen atoms in total. The van der Waals surface area contributed by atoms with E-state index in [4.69, 9.17) is 0 Å². The van der Waals surface area contributed by atoms with Gasteiger partial charge in [0.25, 0.3) is 0 Å². The van der Waals surface area contributed by atoms with E-state index in [1.807, 2.05) is 0 Å². The molecule has 3 aromatic rings. The van der Waals surface area contributed by atoms with Crippen LogP contribution in [0, 0.1) is 13.8 Å². The van der Waals surface area contributed by atoms with Crippen LogP contribution in [-0.4, -0.2) is 0 Å². The second kappa shape index (κ2) is 4.13. The monoisotopic (exact) mass is 234 g/mol. The molecule has 0 aliphatic rings.